The van der Waals surface area contributed by atoms with Crippen LogP contribution in [0.15, 0.2) is 42.5 Å². The summed E-state index contributed by atoms with van der Waals surface area (Å²) in [6, 6.07) is 12.7. The number of halogens is 2. The third-order valence-electron chi connectivity index (χ3n) is 7.55. The Hall–Kier alpha value is -2.40. The van der Waals surface area contributed by atoms with Crippen LogP contribution in [0.2, 0.25) is 0 Å². The number of carbonyl (C=O) groups excluding carboxylic acids is 2. The van der Waals surface area contributed by atoms with Crippen LogP contribution in [0.3, 0.4) is 0 Å². The van der Waals surface area contributed by atoms with E-state index in [1.54, 1.807) is 0 Å². The van der Waals surface area contributed by atoms with Crippen molar-refractivity contribution in [2.45, 2.75) is 64.2 Å². The molecule has 34 heavy (non-hydrogen) atoms. The van der Waals surface area contributed by atoms with Crippen molar-refractivity contribution in [1.82, 2.24) is 0 Å². The smallest absolute Gasteiger partial charge is 0.326 e. The minimum Gasteiger partial charge on any atom is -0.426 e. The molecule has 0 aromatic heterocycles. The van der Waals surface area contributed by atoms with Gasteiger partial charge in [0.25, 0.3) is 0 Å². The van der Waals surface area contributed by atoms with Crippen molar-refractivity contribution in [1.29, 1.82) is 0 Å². The Morgan fingerprint density at radius 3 is 2.09 bits per heavy atom. The molecule has 0 radical (unpaired) electrons. The fraction of sp³-hybridized carbons (Fsp3) is 0.500. The Bertz CT molecular complexity index is 990. The van der Waals surface area contributed by atoms with E-state index in [9.17, 15) is 14.0 Å². The first-order chi connectivity index (χ1) is 16.4. The molecule has 2 aliphatic carbocycles. The zero-order valence-electron chi connectivity index (χ0n) is 19.6. The summed E-state index contributed by atoms with van der Waals surface area (Å²) in [6.07, 6.45) is 8.73. The van der Waals surface area contributed by atoms with Gasteiger partial charge in [-0.05, 0) is 93.7 Å². The first kappa shape index (κ1) is 24.7. The second-order valence-electron chi connectivity index (χ2n) is 9.76. The summed E-state index contributed by atoms with van der Waals surface area (Å²) in [5.74, 6) is -0.371. The van der Waals surface area contributed by atoms with E-state index < -0.39 is 11.8 Å². The maximum absolute atomic E-state index is 14.1. The number of esters is 2. The van der Waals surface area contributed by atoms with Crippen LogP contribution in [-0.4, -0.2) is 17.8 Å². The summed E-state index contributed by atoms with van der Waals surface area (Å²) in [5.41, 5.74) is 2.78. The van der Waals surface area contributed by atoms with Crippen LogP contribution < -0.4 is 9.47 Å². The monoisotopic (exact) mass is 486 g/mol. The molecule has 4 rings (SSSR count). The predicted octanol–water partition coefficient (Wildman–Crippen LogP) is 6.96. The number of alkyl halides is 1. The lowest BCUT2D eigenvalue weighted by Crippen LogP contribution is -2.30. The highest BCUT2D eigenvalue weighted by atomic mass is 35.5. The summed E-state index contributed by atoms with van der Waals surface area (Å²) < 4.78 is 24.4. The molecule has 6 heteroatoms. The molecule has 182 valence electrons. The van der Waals surface area contributed by atoms with Crippen LogP contribution >= 0.6 is 11.6 Å². The van der Waals surface area contributed by atoms with Gasteiger partial charge < -0.3 is 9.47 Å². The van der Waals surface area contributed by atoms with Crippen molar-refractivity contribution >= 4 is 23.5 Å². The van der Waals surface area contributed by atoms with Crippen LogP contribution in [0, 0.1) is 30.5 Å². The Kier molecular flexibility index (Phi) is 8.25. The van der Waals surface area contributed by atoms with Gasteiger partial charge in [-0.15, -0.1) is 11.6 Å². The van der Waals surface area contributed by atoms with E-state index in [-0.39, 0.29) is 29.3 Å². The van der Waals surface area contributed by atoms with Gasteiger partial charge >= 0.3 is 11.9 Å². The molecule has 0 unspecified atom stereocenters. The average molecular weight is 487 g/mol. The number of rotatable bonds is 6. The Morgan fingerprint density at radius 2 is 1.50 bits per heavy atom. The molecular formula is C28H32ClFO4. The molecule has 2 aliphatic rings. The number of carbonyl (C=O) groups is 2. The lowest BCUT2D eigenvalue weighted by atomic mass is 9.68. The van der Waals surface area contributed by atoms with Crippen molar-refractivity contribution in [3.05, 3.63) is 59.4 Å². The van der Waals surface area contributed by atoms with E-state index in [0.29, 0.717) is 11.8 Å². The summed E-state index contributed by atoms with van der Waals surface area (Å²) >= 11 is 5.37. The van der Waals surface area contributed by atoms with Gasteiger partial charge in [0.2, 0.25) is 0 Å². The van der Waals surface area contributed by atoms with E-state index in [0.717, 1.165) is 37.7 Å². The van der Waals surface area contributed by atoms with Gasteiger partial charge in [-0.1, -0.05) is 29.8 Å². The molecule has 4 nitrogen and oxygen atoms in total. The molecule has 0 saturated heterocycles. The quantitative estimate of drug-likeness (QED) is 0.251. The third-order valence-corrected chi connectivity index (χ3v) is 7.77. The van der Waals surface area contributed by atoms with E-state index in [2.05, 4.69) is 31.2 Å². The molecule has 0 amide bonds. The molecule has 2 aromatic rings. The summed E-state index contributed by atoms with van der Waals surface area (Å²) in [4.78, 5) is 23.9. The van der Waals surface area contributed by atoms with Crippen molar-refractivity contribution in [2.75, 3.05) is 5.88 Å². The standard InChI is InChI=1S/C28H32ClFO4/c1-18-2-4-19(5-3-18)20-6-8-21(9-7-20)22-10-12-23(13-11-22)28(32)33-24-14-15-26(25(30)16-24)34-27(31)17-29/h2-5,14-16,20-23H,6-13,17H2,1H3. The topological polar surface area (TPSA) is 52.6 Å². The third kappa shape index (κ3) is 6.18. The van der Waals surface area contributed by atoms with Gasteiger partial charge in [-0.3, -0.25) is 9.59 Å². The first-order valence-electron chi connectivity index (χ1n) is 12.3. The van der Waals surface area contributed by atoms with Crippen molar-refractivity contribution in [3.63, 3.8) is 0 Å². The Balaban J connectivity index is 1.23. The molecule has 2 fully saturated rings. The minimum absolute atomic E-state index is 0.115. The highest BCUT2D eigenvalue weighted by Crippen LogP contribution is 2.44. The maximum Gasteiger partial charge on any atom is 0.326 e. The van der Waals surface area contributed by atoms with E-state index in [1.165, 1.54) is 48.9 Å². The Morgan fingerprint density at radius 1 is 0.882 bits per heavy atom. The number of aryl methyl sites for hydroxylation is 1. The fourth-order valence-electron chi connectivity index (χ4n) is 5.57. The predicted molar refractivity (Wildman–Crippen MR) is 130 cm³/mol. The molecule has 2 aromatic carbocycles. The highest BCUT2D eigenvalue weighted by molar-refractivity contribution is 6.26. The fourth-order valence-corrected chi connectivity index (χ4v) is 5.62. The second-order valence-corrected chi connectivity index (χ2v) is 10.0. The van der Waals surface area contributed by atoms with Crippen molar-refractivity contribution < 1.29 is 23.5 Å². The summed E-state index contributed by atoms with van der Waals surface area (Å²) in [6.45, 7) is 2.13. The molecule has 0 atom stereocenters. The maximum atomic E-state index is 14.1. The zero-order chi connectivity index (χ0) is 24.1. The van der Waals surface area contributed by atoms with E-state index in [4.69, 9.17) is 21.1 Å². The largest absolute Gasteiger partial charge is 0.426 e. The van der Waals surface area contributed by atoms with Gasteiger partial charge in [0, 0.05) is 6.07 Å². The zero-order valence-corrected chi connectivity index (χ0v) is 20.4. The van der Waals surface area contributed by atoms with Crippen LogP contribution in [0.5, 0.6) is 11.5 Å². The minimum atomic E-state index is -0.770. The van der Waals surface area contributed by atoms with Crippen LogP contribution in [0.25, 0.3) is 0 Å². The lowest BCUT2D eigenvalue weighted by Gasteiger charge is -2.37. The summed E-state index contributed by atoms with van der Waals surface area (Å²) in [5, 5.41) is 0. The highest BCUT2D eigenvalue weighted by Gasteiger charge is 2.34. The first-order valence-corrected chi connectivity index (χ1v) is 12.8. The average Bonchev–Trinajstić information content (AvgIpc) is 2.86. The molecule has 0 N–H and O–H groups in total. The van der Waals surface area contributed by atoms with Crippen molar-refractivity contribution in [3.8, 4) is 11.5 Å². The van der Waals surface area contributed by atoms with Gasteiger partial charge in [0.1, 0.15) is 11.6 Å². The molecule has 0 aliphatic heterocycles. The Labute approximate surface area is 205 Å². The number of ether oxygens (including phenoxy) is 2. The molecule has 0 spiro atoms. The number of benzene rings is 2. The van der Waals surface area contributed by atoms with Crippen molar-refractivity contribution in [2.24, 2.45) is 17.8 Å². The normalized spacial score (nSPS) is 24.9. The van der Waals surface area contributed by atoms with Crippen LogP contribution in [0.1, 0.15) is 68.4 Å². The molecule has 0 bridgehead atoms. The second kappa shape index (κ2) is 11.4. The van der Waals surface area contributed by atoms with Gasteiger partial charge in [-0.2, -0.15) is 0 Å². The van der Waals surface area contributed by atoms with Crippen LogP contribution in [0.4, 0.5) is 4.39 Å². The lowest BCUT2D eigenvalue weighted by molar-refractivity contribution is -0.140. The summed E-state index contributed by atoms with van der Waals surface area (Å²) in [7, 11) is 0. The van der Waals surface area contributed by atoms with Gasteiger partial charge in [0.15, 0.2) is 11.6 Å². The van der Waals surface area contributed by atoms with E-state index in [1.807, 2.05) is 0 Å². The molecular weight excluding hydrogens is 455 g/mol. The van der Waals surface area contributed by atoms with E-state index >= 15 is 0 Å². The van der Waals surface area contributed by atoms with Crippen LogP contribution in [-0.2, 0) is 9.59 Å². The number of hydrogen-bond acceptors (Lipinski definition) is 4. The SMILES string of the molecule is Cc1ccc(C2CCC(C3CCC(C(=O)Oc4ccc(OC(=O)CCl)c(F)c4)CC3)CC2)cc1. The molecule has 2 saturated carbocycles. The van der Waals surface area contributed by atoms with Gasteiger partial charge in [0.05, 0.1) is 5.92 Å². The molecule has 0 heterocycles. The van der Waals surface area contributed by atoms with Gasteiger partial charge in [-0.25, -0.2) is 4.39 Å². The number of hydrogen-bond donors (Lipinski definition) is 0.